The Morgan fingerprint density at radius 1 is 1.20 bits per heavy atom. The van der Waals surface area contributed by atoms with Crippen molar-refractivity contribution in [3.05, 3.63) is 58.7 Å². The molecule has 0 aromatic heterocycles. The predicted molar refractivity (Wildman–Crippen MR) is 105 cm³/mol. The third kappa shape index (κ3) is 4.77. The van der Waals surface area contributed by atoms with Crippen LogP contribution in [-0.4, -0.2) is 31.7 Å². The summed E-state index contributed by atoms with van der Waals surface area (Å²) in [6.07, 6.45) is -5.49. The van der Waals surface area contributed by atoms with Crippen LogP contribution in [-0.2, 0) is 22.6 Å². The first-order valence-electron chi connectivity index (χ1n) is 9.46. The summed E-state index contributed by atoms with van der Waals surface area (Å²) in [6, 6.07) is 7.04. The monoisotopic (exact) mass is 444 g/mol. The first-order valence-corrected chi connectivity index (χ1v) is 10.9. The third-order valence-electron chi connectivity index (χ3n) is 5.18. The molecule has 6 nitrogen and oxygen atoms in total. The Hall–Kier alpha value is -2.14. The molecule has 0 aliphatic carbocycles. The lowest BCUT2D eigenvalue weighted by atomic mass is 9.95. The Morgan fingerprint density at radius 3 is 2.50 bits per heavy atom. The Balaban J connectivity index is 2.08. The molecule has 1 fully saturated rings. The van der Waals surface area contributed by atoms with E-state index in [4.69, 9.17) is 0 Å². The number of hydrogen-bond acceptors (Lipinski definition) is 5. The summed E-state index contributed by atoms with van der Waals surface area (Å²) in [7, 11) is -4.29. The maximum atomic E-state index is 13.2. The second-order valence-corrected chi connectivity index (χ2v) is 8.84. The standard InChI is InChI=1S/C20H23F3N2O4S/c1-2-12-3-4-13(19(26)27)9-18(12)30(28,29)25-17-10-15(20(21,22)23)5-6-16(17)14-7-8-24-11-14/h3-6,9-10,14,19,24-27H,2,7-8,11H2,1H3. The van der Waals surface area contributed by atoms with Gasteiger partial charge in [-0.05, 0) is 54.6 Å². The molecule has 4 N–H and O–H groups in total. The van der Waals surface area contributed by atoms with Crippen molar-refractivity contribution < 1.29 is 31.8 Å². The fraction of sp³-hybridized carbons (Fsp3) is 0.400. The van der Waals surface area contributed by atoms with Crippen LogP contribution in [0.15, 0.2) is 41.3 Å². The van der Waals surface area contributed by atoms with Crippen LogP contribution >= 0.6 is 0 Å². The van der Waals surface area contributed by atoms with Gasteiger partial charge in [0.15, 0.2) is 6.29 Å². The normalized spacial score (nSPS) is 17.5. The molecule has 1 unspecified atom stereocenters. The van der Waals surface area contributed by atoms with Crippen molar-refractivity contribution in [3.8, 4) is 0 Å². The summed E-state index contributed by atoms with van der Waals surface area (Å²) in [4.78, 5) is -0.205. The molecule has 0 amide bonds. The van der Waals surface area contributed by atoms with Gasteiger partial charge in [-0.2, -0.15) is 13.2 Å². The van der Waals surface area contributed by atoms with E-state index in [0.717, 1.165) is 18.2 Å². The summed E-state index contributed by atoms with van der Waals surface area (Å²) in [5.74, 6) is -0.124. The number of aryl methyl sites for hydroxylation is 1. The van der Waals surface area contributed by atoms with Crippen LogP contribution < -0.4 is 10.0 Å². The average molecular weight is 444 g/mol. The lowest BCUT2D eigenvalue weighted by Crippen LogP contribution is -2.19. The van der Waals surface area contributed by atoms with Gasteiger partial charge in [0.1, 0.15) is 0 Å². The Labute approximate surface area is 172 Å². The van der Waals surface area contributed by atoms with E-state index in [9.17, 15) is 31.8 Å². The highest BCUT2D eigenvalue weighted by Crippen LogP contribution is 2.37. The second-order valence-electron chi connectivity index (χ2n) is 7.19. The van der Waals surface area contributed by atoms with E-state index in [0.29, 0.717) is 37.1 Å². The van der Waals surface area contributed by atoms with E-state index in [1.165, 1.54) is 18.2 Å². The minimum atomic E-state index is -4.62. The van der Waals surface area contributed by atoms with E-state index >= 15 is 0 Å². The largest absolute Gasteiger partial charge is 0.416 e. The molecule has 1 heterocycles. The topological polar surface area (TPSA) is 98.7 Å². The molecule has 0 radical (unpaired) electrons. The molecule has 10 heteroatoms. The zero-order valence-electron chi connectivity index (χ0n) is 16.2. The fourth-order valence-electron chi connectivity index (χ4n) is 3.57. The zero-order chi connectivity index (χ0) is 22.1. The fourth-order valence-corrected chi connectivity index (χ4v) is 5.00. The smallest absolute Gasteiger partial charge is 0.364 e. The van der Waals surface area contributed by atoms with Crippen molar-refractivity contribution in [1.29, 1.82) is 0 Å². The molecular formula is C20H23F3N2O4S. The number of alkyl halides is 3. The number of nitrogens with one attached hydrogen (secondary N) is 2. The van der Waals surface area contributed by atoms with Crippen LogP contribution in [0.3, 0.4) is 0 Å². The summed E-state index contributed by atoms with van der Waals surface area (Å²) < 4.78 is 68.3. The second kappa shape index (κ2) is 8.54. The minimum absolute atomic E-state index is 0.0307. The van der Waals surface area contributed by atoms with E-state index < -0.39 is 28.1 Å². The van der Waals surface area contributed by atoms with Crippen LogP contribution in [0.25, 0.3) is 0 Å². The van der Waals surface area contributed by atoms with Gasteiger partial charge in [-0.25, -0.2) is 8.42 Å². The molecular weight excluding hydrogens is 421 g/mol. The van der Waals surface area contributed by atoms with Gasteiger partial charge in [0.05, 0.1) is 16.1 Å². The van der Waals surface area contributed by atoms with Crippen LogP contribution in [0.1, 0.15) is 47.8 Å². The molecule has 2 aromatic rings. The highest BCUT2D eigenvalue weighted by atomic mass is 32.2. The van der Waals surface area contributed by atoms with Crippen molar-refractivity contribution in [2.45, 2.75) is 43.0 Å². The van der Waals surface area contributed by atoms with Gasteiger partial charge >= 0.3 is 6.18 Å². The number of halogens is 3. The van der Waals surface area contributed by atoms with Crippen molar-refractivity contribution >= 4 is 15.7 Å². The van der Waals surface area contributed by atoms with Crippen molar-refractivity contribution in [3.63, 3.8) is 0 Å². The number of anilines is 1. The molecule has 1 atom stereocenters. The van der Waals surface area contributed by atoms with Crippen LogP contribution in [0.4, 0.5) is 18.9 Å². The Kier molecular flexibility index (Phi) is 6.42. The number of rotatable bonds is 6. The van der Waals surface area contributed by atoms with Crippen LogP contribution in [0.2, 0.25) is 0 Å². The molecule has 0 bridgehead atoms. The van der Waals surface area contributed by atoms with Gasteiger partial charge < -0.3 is 15.5 Å². The quantitative estimate of drug-likeness (QED) is 0.513. The number of sulfonamides is 1. The summed E-state index contributed by atoms with van der Waals surface area (Å²) in [5.41, 5.74) is -0.228. The minimum Gasteiger partial charge on any atom is -0.364 e. The van der Waals surface area contributed by atoms with E-state index in [1.807, 2.05) is 0 Å². The summed E-state index contributed by atoms with van der Waals surface area (Å²) in [6.45, 7) is 2.95. The molecule has 2 aromatic carbocycles. The van der Waals surface area contributed by atoms with E-state index in [1.54, 1.807) is 6.92 Å². The molecule has 0 saturated carbocycles. The summed E-state index contributed by atoms with van der Waals surface area (Å²) >= 11 is 0. The SMILES string of the molecule is CCc1ccc(C(O)O)cc1S(=O)(=O)Nc1cc(C(F)(F)F)ccc1C1CCNC1. The lowest BCUT2D eigenvalue weighted by Gasteiger charge is -2.20. The Bertz CT molecular complexity index is 1020. The molecule has 3 rings (SSSR count). The number of aliphatic hydroxyl groups excluding tert-OH is 1. The third-order valence-corrected chi connectivity index (χ3v) is 6.63. The zero-order valence-corrected chi connectivity index (χ0v) is 17.0. The van der Waals surface area contributed by atoms with Crippen molar-refractivity contribution in [1.82, 2.24) is 5.32 Å². The van der Waals surface area contributed by atoms with E-state index in [-0.39, 0.29) is 22.1 Å². The first kappa shape index (κ1) is 22.5. The number of benzene rings is 2. The van der Waals surface area contributed by atoms with E-state index in [2.05, 4.69) is 10.0 Å². The molecule has 30 heavy (non-hydrogen) atoms. The van der Waals surface area contributed by atoms with Crippen molar-refractivity contribution in [2.75, 3.05) is 17.8 Å². The van der Waals surface area contributed by atoms with Gasteiger partial charge in [0.25, 0.3) is 10.0 Å². The van der Waals surface area contributed by atoms with Gasteiger partial charge in [0, 0.05) is 12.1 Å². The molecule has 0 spiro atoms. The van der Waals surface area contributed by atoms with Gasteiger partial charge in [-0.3, -0.25) is 4.72 Å². The van der Waals surface area contributed by atoms with Gasteiger partial charge in [-0.15, -0.1) is 0 Å². The number of hydrogen-bond donors (Lipinski definition) is 4. The maximum Gasteiger partial charge on any atom is 0.416 e. The van der Waals surface area contributed by atoms with Crippen LogP contribution in [0, 0.1) is 0 Å². The van der Waals surface area contributed by atoms with Gasteiger partial charge in [-0.1, -0.05) is 25.1 Å². The predicted octanol–water partition coefficient (Wildman–Crippen LogP) is 3.13. The van der Waals surface area contributed by atoms with Crippen LogP contribution in [0.5, 0.6) is 0 Å². The number of aliphatic hydroxyl groups is 2. The first-order chi connectivity index (χ1) is 14.0. The Morgan fingerprint density at radius 2 is 1.93 bits per heavy atom. The molecule has 1 aliphatic heterocycles. The molecule has 1 aliphatic rings. The van der Waals surface area contributed by atoms with Gasteiger partial charge in [0.2, 0.25) is 0 Å². The summed E-state index contributed by atoms with van der Waals surface area (Å²) in [5, 5.41) is 21.9. The molecule has 1 saturated heterocycles. The average Bonchev–Trinajstić information content (AvgIpc) is 3.20. The highest BCUT2D eigenvalue weighted by molar-refractivity contribution is 7.92. The highest BCUT2D eigenvalue weighted by Gasteiger charge is 2.33. The van der Waals surface area contributed by atoms with Crippen molar-refractivity contribution in [2.24, 2.45) is 0 Å². The lowest BCUT2D eigenvalue weighted by molar-refractivity contribution is -0.137. The molecule has 164 valence electrons. The maximum absolute atomic E-state index is 13.2.